The van der Waals surface area contributed by atoms with E-state index in [9.17, 15) is 9.18 Å². The second-order valence-electron chi connectivity index (χ2n) is 15.9. The van der Waals surface area contributed by atoms with Crippen molar-refractivity contribution in [2.75, 3.05) is 38.2 Å². The van der Waals surface area contributed by atoms with Crippen molar-refractivity contribution in [2.45, 2.75) is 53.2 Å². The number of alkyl carbamates (subject to hydrolysis) is 1. The second-order valence-corrected chi connectivity index (χ2v) is 17.7. The van der Waals surface area contributed by atoms with E-state index in [0.29, 0.717) is 74.4 Å². The number of anilines is 1. The molecule has 1 amide bonds. The monoisotopic (exact) mass is 922 g/mol. The van der Waals surface area contributed by atoms with Gasteiger partial charge in [-0.3, -0.25) is 0 Å². The molecule has 12 nitrogen and oxygen atoms in total. The van der Waals surface area contributed by atoms with Crippen LogP contribution in [-0.2, 0) is 17.8 Å². The van der Waals surface area contributed by atoms with Crippen LogP contribution >= 0.6 is 34.5 Å². The van der Waals surface area contributed by atoms with Crippen molar-refractivity contribution in [1.29, 1.82) is 0 Å². The van der Waals surface area contributed by atoms with E-state index in [1.54, 1.807) is 18.3 Å². The van der Waals surface area contributed by atoms with Gasteiger partial charge in [-0.2, -0.15) is 0 Å². The molecule has 9 rings (SSSR count). The summed E-state index contributed by atoms with van der Waals surface area (Å²) in [7, 11) is 0. The quantitative estimate of drug-likeness (QED) is 0.134. The highest BCUT2D eigenvalue weighted by Crippen LogP contribution is 2.52. The molecule has 0 unspecified atom stereocenters. The highest BCUT2D eigenvalue weighted by atomic mass is 35.5. The fraction of sp³-hybridized carbons (Fsp3) is 0.271. The van der Waals surface area contributed by atoms with Crippen LogP contribution in [0.2, 0.25) is 10.0 Å². The number of aromatic nitrogens is 4. The van der Waals surface area contributed by atoms with Crippen LogP contribution in [0.25, 0.3) is 43.2 Å². The van der Waals surface area contributed by atoms with Crippen molar-refractivity contribution < 1.29 is 32.9 Å². The van der Waals surface area contributed by atoms with E-state index < -0.39 is 11.7 Å². The van der Waals surface area contributed by atoms with Crippen LogP contribution in [0.1, 0.15) is 43.2 Å². The highest BCUT2D eigenvalue weighted by molar-refractivity contribution is 7.22. The van der Waals surface area contributed by atoms with E-state index in [0.717, 1.165) is 49.5 Å². The number of fused-ring (bicyclic) bond motifs is 7. The normalized spacial score (nSPS) is 12.8. The molecule has 64 heavy (non-hydrogen) atoms. The Bertz CT molecular complexity index is 2790. The van der Waals surface area contributed by atoms with E-state index in [2.05, 4.69) is 25.6 Å². The van der Waals surface area contributed by atoms with Crippen LogP contribution in [0.5, 0.6) is 23.1 Å². The van der Waals surface area contributed by atoms with Gasteiger partial charge < -0.3 is 34.3 Å². The van der Waals surface area contributed by atoms with Gasteiger partial charge in [0, 0.05) is 53.0 Å². The minimum absolute atomic E-state index is 0.177. The SMILES string of the molecule is Cc1c(Cl)c2c(Cl)c(C)c1-c1c(-c3ccc(F)cc3)sc3ncnc(c13)OCCc1cc(ccc1OCc1ccnc(-c3ccc(NCCNC(=O)OC(C)(C)C)cc3)n1)OCCO2. The lowest BCUT2D eigenvalue weighted by molar-refractivity contribution is 0.0530. The van der Waals surface area contributed by atoms with Crippen LogP contribution in [0.4, 0.5) is 14.9 Å². The first-order valence-electron chi connectivity index (χ1n) is 20.6. The van der Waals surface area contributed by atoms with Crippen LogP contribution < -0.4 is 29.6 Å². The third-order valence-electron chi connectivity index (χ3n) is 10.2. The van der Waals surface area contributed by atoms with Gasteiger partial charge in [0.15, 0.2) is 11.6 Å². The molecule has 3 aromatic heterocycles. The van der Waals surface area contributed by atoms with Crippen molar-refractivity contribution in [3.05, 3.63) is 124 Å². The minimum atomic E-state index is -0.553. The van der Waals surface area contributed by atoms with E-state index in [-0.39, 0.29) is 32.2 Å². The Kier molecular flexibility index (Phi) is 13.4. The van der Waals surface area contributed by atoms with Gasteiger partial charge in [0.25, 0.3) is 0 Å². The van der Waals surface area contributed by atoms with Gasteiger partial charge in [0.2, 0.25) is 5.88 Å². The molecule has 5 heterocycles. The molecule has 4 aromatic carbocycles. The summed E-state index contributed by atoms with van der Waals surface area (Å²) in [5.74, 6) is 2.20. The Balaban J connectivity index is 1.02. The third kappa shape index (κ3) is 10.1. The Morgan fingerprint density at radius 3 is 2.33 bits per heavy atom. The fourth-order valence-electron chi connectivity index (χ4n) is 7.23. The van der Waals surface area contributed by atoms with Crippen molar-refractivity contribution in [2.24, 2.45) is 0 Å². The number of thiophene rings is 1. The molecule has 0 aliphatic carbocycles. The standard InChI is InChI=1S/C48H45Cl2FN6O6S/c1-27-37-28(2)41(50)42(40(27)49)60-23-22-59-35-14-15-36(31(24-35)17-21-61-45-39-38(37)43(64-46(39)56-26-55-45)29-6-10-32(51)11-7-29)62-25-34-16-18-53-44(57-34)30-8-12-33(13-9-30)52-19-20-54-47(58)63-48(3,4)5/h6-16,18,24,26,52H,17,19-23,25H2,1-5H3,(H,54,58). The van der Waals surface area contributed by atoms with Crippen LogP contribution in [0, 0.1) is 19.7 Å². The van der Waals surface area contributed by atoms with E-state index in [1.807, 2.05) is 83.1 Å². The van der Waals surface area contributed by atoms with Crippen molar-refractivity contribution in [3.8, 4) is 56.1 Å². The molecule has 2 aliphatic heterocycles. The largest absolute Gasteiger partial charge is 0.490 e. The second kappa shape index (κ2) is 19.3. The molecule has 0 radical (unpaired) electrons. The van der Waals surface area contributed by atoms with Crippen molar-refractivity contribution in [1.82, 2.24) is 25.3 Å². The van der Waals surface area contributed by atoms with Crippen LogP contribution in [-0.4, -0.2) is 64.5 Å². The predicted molar refractivity (Wildman–Crippen MR) is 249 cm³/mol. The number of nitrogens with one attached hydrogen (secondary N) is 2. The number of hydrogen-bond donors (Lipinski definition) is 2. The molecule has 0 saturated carbocycles. The Morgan fingerprint density at radius 1 is 0.844 bits per heavy atom. The molecular formula is C48H45Cl2FN6O6S. The number of amides is 1. The molecule has 16 heteroatoms. The summed E-state index contributed by atoms with van der Waals surface area (Å²) in [5.41, 5.74) is 6.56. The number of hydrogen-bond acceptors (Lipinski definition) is 12. The number of carbonyl (C=O) groups excluding carboxylic acids is 1. The molecule has 330 valence electrons. The first-order valence-corrected chi connectivity index (χ1v) is 22.2. The minimum Gasteiger partial charge on any atom is -0.490 e. The van der Waals surface area contributed by atoms with Gasteiger partial charge in [-0.1, -0.05) is 35.3 Å². The summed E-state index contributed by atoms with van der Waals surface area (Å²) in [4.78, 5) is 32.0. The maximum atomic E-state index is 14.2. The molecule has 4 bridgehead atoms. The molecular weight excluding hydrogens is 879 g/mol. The lowest BCUT2D eigenvalue weighted by Gasteiger charge is -2.20. The molecule has 7 aromatic rings. The Morgan fingerprint density at radius 2 is 1.58 bits per heavy atom. The lowest BCUT2D eigenvalue weighted by Crippen LogP contribution is -2.34. The number of nitrogens with zero attached hydrogens (tertiary/aromatic N) is 4. The molecule has 0 saturated heterocycles. The lowest BCUT2D eigenvalue weighted by atomic mass is 9.92. The first kappa shape index (κ1) is 44.4. The maximum Gasteiger partial charge on any atom is 0.407 e. The molecule has 0 spiro atoms. The zero-order valence-corrected chi connectivity index (χ0v) is 38.1. The van der Waals surface area contributed by atoms with Gasteiger partial charge >= 0.3 is 6.09 Å². The Hall–Kier alpha value is -6.22. The van der Waals surface area contributed by atoms with E-state index in [4.69, 9.17) is 51.9 Å². The van der Waals surface area contributed by atoms with Crippen molar-refractivity contribution in [3.63, 3.8) is 0 Å². The molecule has 0 fully saturated rings. The van der Waals surface area contributed by atoms with Crippen LogP contribution in [0.15, 0.2) is 85.3 Å². The van der Waals surface area contributed by atoms with E-state index >= 15 is 0 Å². The summed E-state index contributed by atoms with van der Waals surface area (Å²) in [5, 5.41) is 7.46. The number of carbonyl (C=O) groups is 1. The van der Waals surface area contributed by atoms with Crippen molar-refractivity contribution >= 4 is 56.5 Å². The number of rotatable bonds is 9. The number of benzene rings is 4. The Labute approximate surface area is 384 Å². The average Bonchev–Trinajstić information content (AvgIpc) is 3.66. The van der Waals surface area contributed by atoms with Gasteiger partial charge in [0.1, 0.15) is 53.9 Å². The van der Waals surface area contributed by atoms with Gasteiger partial charge in [0.05, 0.1) is 27.7 Å². The topological polar surface area (TPSA) is 139 Å². The van der Waals surface area contributed by atoms with E-state index in [1.165, 1.54) is 29.8 Å². The number of ether oxygens (including phenoxy) is 5. The van der Waals surface area contributed by atoms with Gasteiger partial charge in [-0.25, -0.2) is 29.1 Å². The molecule has 2 N–H and O–H groups in total. The summed E-state index contributed by atoms with van der Waals surface area (Å²) >= 11 is 15.6. The van der Waals surface area contributed by atoms with Gasteiger partial charge in [-0.05, 0) is 118 Å². The zero-order valence-electron chi connectivity index (χ0n) is 35.8. The highest BCUT2D eigenvalue weighted by Gasteiger charge is 2.28. The smallest absolute Gasteiger partial charge is 0.407 e. The first-order chi connectivity index (χ1) is 30.8. The summed E-state index contributed by atoms with van der Waals surface area (Å²) in [6.45, 7) is 11.1. The third-order valence-corrected chi connectivity index (χ3v) is 12.3. The summed E-state index contributed by atoms with van der Waals surface area (Å²) in [6.07, 6.45) is 3.17. The van der Waals surface area contributed by atoms with Gasteiger partial charge in [-0.15, -0.1) is 11.3 Å². The number of halogens is 3. The fourth-order valence-corrected chi connectivity index (χ4v) is 8.91. The predicted octanol–water partition coefficient (Wildman–Crippen LogP) is 11.5. The zero-order chi connectivity index (χ0) is 45.0. The molecule has 2 aliphatic rings. The molecule has 0 atom stereocenters. The van der Waals surface area contributed by atoms with Crippen LogP contribution in [0.3, 0.4) is 0 Å². The summed E-state index contributed by atoms with van der Waals surface area (Å²) in [6, 6.07) is 21.5. The average molecular weight is 924 g/mol. The summed E-state index contributed by atoms with van der Waals surface area (Å²) < 4.78 is 44.8. The maximum absolute atomic E-state index is 14.2.